The zero-order valence-electron chi connectivity index (χ0n) is 18.2. The molecule has 0 bridgehead atoms. The van der Waals surface area contributed by atoms with Gasteiger partial charge in [0.15, 0.2) is 0 Å². The summed E-state index contributed by atoms with van der Waals surface area (Å²) >= 11 is 4.87. The summed E-state index contributed by atoms with van der Waals surface area (Å²) in [6.45, 7) is 2.77. The van der Waals surface area contributed by atoms with Gasteiger partial charge in [0.1, 0.15) is 17.6 Å². The van der Waals surface area contributed by atoms with Gasteiger partial charge in [0.25, 0.3) is 11.7 Å². The van der Waals surface area contributed by atoms with Crippen LogP contribution in [0.2, 0.25) is 0 Å². The van der Waals surface area contributed by atoms with Gasteiger partial charge in [-0.3, -0.25) is 14.5 Å². The Morgan fingerprint density at radius 2 is 1.88 bits per heavy atom. The molecule has 0 saturated carbocycles. The van der Waals surface area contributed by atoms with E-state index in [0.29, 0.717) is 23.6 Å². The second kappa shape index (κ2) is 10.4. The normalized spacial score (nSPS) is 17.5. The number of hydrogen-bond donors (Lipinski definition) is 1. The first-order valence-electron chi connectivity index (χ1n) is 10.8. The molecule has 1 aromatic heterocycles. The van der Waals surface area contributed by atoms with E-state index in [1.807, 2.05) is 29.6 Å². The summed E-state index contributed by atoms with van der Waals surface area (Å²) in [6.07, 6.45) is 3.22. The third-order valence-corrected chi connectivity index (χ3v) is 6.91. The van der Waals surface area contributed by atoms with Crippen molar-refractivity contribution in [2.24, 2.45) is 0 Å². The summed E-state index contributed by atoms with van der Waals surface area (Å²) in [5.74, 6) is -0.858. The lowest BCUT2D eigenvalue weighted by Crippen LogP contribution is -2.29. The number of anilines is 1. The zero-order chi connectivity index (χ0) is 23.4. The maximum absolute atomic E-state index is 13.1. The van der Waals surface area contributed by atoms with E-state index in [-0.39, 0.29) is 11.3 Å². The van der Waals surface area contributed by atoms with Gasteiger partial charge in [-0.25, -0.2) is 0 Å². The molecular weight excluding hydrogens is 502 g/mol. The number of aliphatic hydroxyl groups excluding tert-OH is 1. The van der Waals surface area contributed by atoms with E-state index >= 15 is 0 Å². The number of halogens is 1. The lowest BCUT2D eigenvalue weighted by molar-refractivity contribution is -0.132. The number of nitrogens with zero attached hydrogens (tertiary/aromatic N) is 1. The predicted molar refractivity (Wildman–Crippen MR) is 135 cm³/mol. The summed E-state index contributed by atoms with van der Waals surface area (Å²) in [6, 6.07) is 17.2. The number of rotatable bonds is 8. The molecule has 1 fully saturated rings. The number of amides is 1. The number of unbranched alkanes of at least 4 members (excludes halogenated alkanes) is 2. The van der Waals surface area contributed by atoms with Crippen molar-refractivity contribution in [2.75, 3.05) is 11.5 Å². The van der Waals surface area contributed by atoms with Crippen LogP contribution in [0, 0.1) is 0 Å². The summed E-state index contributed by atoms with van der Waals surface area (Å²) < 4.78 is 6.54. The van der Waals surface area contributed by atoms with Crippen LogP contribution in [0.1, 0.15) is 42.7 Å². The quantitative estimate of drug-likeness (QED) is 0.153. The molecule has 1 aliphatic heterocycles. The van der Waals surface area contributed by atoms with Crippen LogP contribution in [-0.2, 0) is 9.59 Å². The van der Waals surface area contributed by atoms with Crippen LogP contribution in [0.25, 0.3) is 5.76 Å². The molecule has 1 atom stereocenters. The number of Topliss-reactive ketones (excluding diaryl/α,β-unsaturated/α-hetero) is 1. The number of ketones is 1. The average molecular weight is 526 g/mol. The molecule has 0 spiro atoms. The average Bonchev–Trinajstić information content (AvgIpc) is 3.44. The summed E-state index contributed by atoms with van der Waals surface area (Å²) in [5, 5.41) is 13.1. The van der Waals surface area contributed by atoms with Crippen LogP contribution in [0.3, 0.4) is 0 Å². The molecule has 1 saturated heterocycles. The standard InChI is InChI=1S/C26H24BrNO4S/c1-2-3-4-14-32-20-12-10-17(11-13-20)24(29)22-23(21-9-6-15-33-21)28(26(31)25(22)30)19-8-5-7-18(27)16-19/h5-13,15-16,23,29H,2-4,14H2,1H3/b24-22-. The highest BCUT2D eigenvalue weighted by molar-refractivity contribution is 9.10. The molecule has 7 heteroatoms. The number of hydrogen-bond acceptors (Lipinski definition) is 5. The molecule has 0 radical (unpaired) electrons. The fourth-order valence-electron chi connectivity index (χ4n) is 3.85. The molecule has 2 aromatic carbocycles. The zero-order valence-corrected chi connectivity index (χ0v) is 20.6. The molecule has 1 aliphatic rings. The minimum atomic E-state index is -0.704. The molecular formula is C26H24BrNO4S. The van der Waals surface area contributed by atoms with Gasteiger partial charge >= 0.3 is 0 Å². The van der Waals surface area contributed by atoms with Gasteiger partial charge in [0, 0.05) is 20.6 Å². The molecule has 1 N–H and O–H groups in total. The van der Waals surface area contributed by atoms with Gasteiger partial charge in [-0.1, -0.05) is 47.8 Å². The molecule has 2 heterocycles. The molecule has 33 heavy (non-hydrogen) atoms. The molecule has 1 unspecified atom stereocenters. The Labute approximate surface area is 205 Å². The van der Waals surface area contributed by atoms with E-state index in [0.717, 1.165) is 28.6 Å². The maximum Gasteiger partial charge on any atom is 0.300 e. The topological polar surface area (TPSA) is 66.8 Å². The number of carbonyl (C=O) groups is 2. The van der Waals surface area contributed by atoms with Crippen molar-refractivity contribution in [1.29, 1.82) is 0 Å². The summed E-state index contributed by atoms with van der Waals surface area (Å²) in [4.78, 5) is 28.5. The fourth-order valence-corrected chi connectivity index (χ4v) is 5.06. The Bertz CT molecular complexity index is 1170. The monoisotopic (exact) mass is 525 g/mol. The number of ether oxygens (including phenoxy) is 1. The second-order valence-corrected chi connectivity index (χ2v) is 9.64. The van der Waals surface area contributed by atoms with E-state index in [2.05, 4.69) is 22.9 Å². The van der Waals surface area contributed by atoms with E-state index in [1.165, 1.54) is 16.2 Å². The van der Waals surface area contributed by atoms with E-state index in [4.69, 9.17) is 4.74 Å². The van der Waals surface area contributed by atoms with Crippen molar-refractivity contribution in [1.82, 2.24) is 0 Å². The molecule has 3 aromatic rings. The first-order valence-corrected chi connectivity index (χ1v) is 12.5. The van der Waals surface area contributed by atoms with E-state index in [1.54, 1.807) is 36.4 Å². The van der Waals surface area contributed by atoms with Gasteiger partial charge in [-0.15, -0.1) is 11.3 Å². The van der Waals surface area contributed by atoms with Gasteiger partial charge in [-0.2, -0.15) is 0 Å². The first kappa shape index (κ1) is 23.3. The van der Waals surface area contributed by atoms with Gasteiger partial charge in [0.05, 0.1) is 12.2 Å². The van der Waals surface area contributed by atoms with Crippen molar-refractivity contribution in [3.8, 4) is 5.75 Å². The first-order chi connectivity index (χ1) is 16.0. The van der Waals surface area contributed by atoms with Crippen LogP contribution < -0.4 is 9.64 Å². The summed E-state index contributed by atoms with van der Waals surface area (Å²) in [7, 11) is 0. The Morgan fingerprint density at radius 3 is 2.55 bits per heavy atom. The van der Waals surface area contributed by atoms with E-state index < -0.39 is 17.7 Å². The smallest absolute Gasteiger partial charge is 0.300 e. The molecule has 5 nitrogen and oxygen atoms in total. The Kier molecular flexibility index (Phi) is 7.30. The Morgan fingerprint density at radius 1 is 1.09 bits per heavy atom. The van der Waals surface area contributed by atoms with Gasteiger partial charge < -0.3 is 9.84 Å². The predicted octanol–water partition coefficient (Wildman–Crippen LogP) is 6.71. The van der Waals surface area contributed by atoms with E-state index in [9.17, 15) is 14.7 Å². The summed E-state index contributed by atoms with van der Waals surface area (Å²) in [5.41, 5.74) is 1.13. The second-order valence-electron chi connectivity index (χ2n) is 7.74. The fraction of sp³-hybridized carbons (Fsp3) is 0.231. The number of aliphatic hydroxyl groups is 1. The van der Waals surface area contributed by atoms with Crippen molar-refractivity contribution in [3.63, 3.8) is 0 Å². The number of benzene rings is 2. The van der Waals surface area contributed by atoms with Crippen molar-refractivity contribution in [3.05, 3.63) is 86.5 Å². The lowest BCUT2D eigenvalue weighted by atomic mass is 9.99. The SMILES string of the molecule is CCCCCOc1ccc(/C(O)=C2/C(=O)C(=O)N(c3cccc(Br)c3)C2c2cccs2)cc1. The highest BCUT2D eigenvalue weighted by Gasteiger charge is 2.47. The minimum absolute atomic E-state index is 0.0824. The highest BCUT2D eigenvalue weighted by atomic mass is 79.9. The Balaban J connectivity index is 1.71. The van der Waals surface area contributed by atoms with Crippen LogP contribution in [0.15, 0.2) is 76.1 Å². The largest absolute Gasteiger partial charge is 0.507 e. The number of carbonyl (C=O) groups excluding carboxylic acids is 2. The molecule has 170 valence electrons. The van der Waals surface area contributed by atoms with Gasteiger partial charge in [-0.05, 0) is 60.3 Å². The van der Waals surface area contributed by atoms with Crippen LogP contribution >= 0.6 is 27.3 Å². The highest BCUT2D eigenvalue weighted by Crippen LogP contribution is 2.44. The third kappa shape index (κ3) is 4.89. The van der Waals surface area contributed by atoms with Crippen molar-refractivity contribution in [2.45, 2.75) is 32.2 Å². The van der Waals surface area contributed by atoms with Gasteiger partial charge in [0.2, 0.25) is 0 Å². The molecule has 0 aliphatic carbocycles. The lowest BCUT2D eigenvalue weighted by Gasteiger charge is -2.24. The number of thiophene rings is 1. The van der Waals surface area contributed by atoms with Crippen LogP contribution in [0.5, 0.6) is 5.75 Å². The third-order valence-electron chi connectivity index (χ3n) is 5.49. The van der Waals surface area contributed by atoms with Crippen LogP contribution in [0.4, 0.5) is 5.69 Å². The Hall–Kier alpha value is -2.90. The molecule has 1 amide bonds. The minimum Gasteiger partial charge on any atom is -0.507 e. The molecule has 4 rings (SSSR count). The maximum atomic E-state index is 13.1. The van der Waals surface area contributed by atoms with Crippen LogP contribution in [-0.4, -0.2) is 23.4 Å². The van der Waals surface area contributed by atoms with Crippen molar-refractivity contribution < 1.29 is 19.4 Å². The van der Waals surface area contributed by atoms with Crippen molar-refractivity contribution >= 4 is 50.4 Å².